The van der Waals surface area contributed by atoms with Crippen LogP contribution in [0.5, 0.6) is 0 Å². The number of carboxylic acids is 1. The molecule has 0 rings (SSSR count). The van der Waals surface area contributed by atoms with Crippen LogP contribution in [0.2, 0.25) is 0 Å². The van der Waals surface area contributed by atoms with Crippen molar-refractivity contribution >= 4 is 17.5 Å². The van der Waals surface area contributed by atoms with Gasteiger partial charge < -0.3 is 14.6 Å². The number of carbonyl (C=O) groups excluding carboxylic acids is 2. The molecule has 6 nitrogen and oxygen atoms in total. The largest absolute Gasteiger partial charge is 0.480 e. The number of hydrogen-bond donors (Lipinski definition) is 1. The molecule has 0 fully saturated rings. The first-order valence-electron chi connectivity index (χ1n) is 4.33. The van der Waals surface area contributed by atoms with Gasteiger partial charge in [-0.05, 0) is 6.92 Å². The van der Waals surface area contributed by atoms with E-state index in [2.05, 4.69) is 4.74 Å². The minimum absolute atomic E-state index is 0.187. The second-order valence-electron chi connectivity index (χ2n) is 2.89. The molecule has 0 aromatic carbocycles. The zero-order valence-electron chi connectivity index (χ0n) is 8.69. The van der Waals surface area contributed by atoms with Crippen molar-refractivity contribution in [3.63, 3.8) is 0 Å². The van der Waals surface area contributed by atoms with Crippen molar-refractivity contribution in [2.24, 2.45) is 5.92 Å². The van der Waals surface area contributed by atoms with Crippen molar-refractivity contribution in [1.82, 2.24) is 0 Å². The van der Waals surface area contributed by atoms with Crippen LogP contribution in [0.4, 0.5) is 0 Å². The summed E-state index contributed by atoms with van der Waals surface area (Å²) >= 11 is 0. The molecule has 1 N–H and O–H groups in total. The third-order valence-corrected chi connectivity index (χ3v) is 1.65. The van der Waals surface area contributed by atoms with Crippen LogP contribution >= 0.6 is 0 Å². The van der Waals surface area contributed by atoms with Crippen molar-refractivity contribution in [3.8, 4) is 0 Å². The number of Topliss-reactive ketones (excluding diaryl/α,β-unsaturated/α-hetero) is 2. The molecule has 0 aliphatic carbocycles. The first-order valence-corrected chi connectivity index (χ1v) is 4.33. The molecule has 1 unspecified atom stereocenters. The fraction of sp³-hybridized carbons (Fsp3) is 0.667. The number of carboxylic acid groups (broad SMARTS) is 1. The van der Waals surface area contributed by atoms with Crippen molar-refractivity contribution in [2.45, 2.75) is 6.92 Å². The Morgan fingerprint density at radius 2 is 1.87 bits per heavy atom. The molecule has 0 bridgehead atoms. The number of rotatable bonds is 8. The van der Waals surface area contributed by atoms with E-state index in [1.807, 2.05) is 0 Å². The summed E-state index contributed by atoms with van der Waals surface area (Å²) in [5.41, 5.74) is 0. The minimum Gasteiger partial charge on any atom is -0.480 e. The fourth-order valence-electron chi connectivity index (χ4n) is 0.937. The average Bonchev–Trinajstić information content (AvgIpc) is 2.11. The van der Waals surface area contributed by atoms with Gasteiger partial charge in [0, 0.05) is 7.11 Å². The Kier molecular flexibility index (Phi) is 6.48. The normalized spacial score (nSPS) is 12.1. The lowest BCUT2D eigenvalue weighted by Gasteiger charge is -2.07. The monoisotopic (exact) mass is 218 g/mol. The highest BCUT2D eigenvalue weighted by atomic mass is 16.5. The van der Waals surface area contributed by atoms with Gasteiger partial charge >= 0.3 is 5.97 Å². The Morgan fingerprint density at radius 3 is 2.27 bits per heavy atom. The smallest absolute Gasteiger partial charge is 0.321 e. The van der Waals surface area contributed by atoms with E-state index in [-0.39, 0.29) is 13.2 Å². The van der Waals surface area contributed by atoms with E-state index >= 15 is 0 Å². The van der Waals surface area contributed by atoms with Crippen LogP contribution in [-0.4, -0.2) is 49.6 Å². The summed E-state index contributed by atoms with van der Waals surface area (Å²) in [6.07, 6.45) is 0. The van der Waals surface area contributed by atoms with Gasteiger partial charge in [-0.25, -0.2) is 0 Å². The number of aliphatic carboxylic acids is 1. The van der Waals surface area contributed by atoms with Crippen molar-refractivity contribution < 1.29 is 29.0 Å². The van der Waals surface area contributed by atoms with Gasteiger partial charge in [0.15, 0.2) is 17.5 Å². The summed E-state index contributed by atoms with van der Waals surface area (Å²) in [6, 6.07) is 0. The summed E-state index contributed by atoms with van der Waals surface area (Å²) in [4.78, 5) is 32.6. The van der Waals surface area contributed by atoms with E-state index in [9.17, 15) is 14.4 Å². The number of ketones is 2. The van der Waals surface area contributed by atoms with Gasteiger partial charge in [-0.15, -0.1) is 0 Å². The van der Waals surface area contributed by atoms with Gasteiger partial charge in [-0.2, -0.15) is 0 Å². The molecule has 86 valence electrons. The Bertz CT molecular complexity index is 233. The zero-order valence-corrected chi connectivity index (χ0v) is 8.69. The number of carbonyl (C=O) groups is 3. The molecule has 6 heteroatoms. The first-order chi connectivity index (χ1) is 7.00. The number of hydrogen-bond acceptors (Lipinski definition) is 5. The van der Waals surface area contributed by atoms with Crippen LogP contribution in [0.1, 0.15) is 6.92 Å². The first kappa shape index (κ1) is 13.7. The average molecular weight is 218 g/mol. The van der Waals surface area contributed by atoms with E-state index in [4.69, 9.17) is 9.84 Å². The maximum Gasteiger partial charge on any atom is 0.321 e. The maximum absolute atomic E-state index is 11.2. The quantitative estimate of drug-likeness (QED) is 0.436. The molecule has 15 heavy (non-hydrogen) atoms. The molecule has 0 heterocycles. The maximum atomic E-state index is 11.2. The molecule has 0 amide bonds. The molecule has 0 saturated carbocycles. The molecule has 0 radical (unpaired) electrons. The molecule has 0 aromatic heterocycles. The van der Waals surface area contributed by atoms with Crippen LogP contribution in [-0.2, 0) is 23.9 Å². The second-order valence-corrected chi connectivity index (χ2v) is 2.89. The second kappa shape index (κ2) is 7.08. The third kappa shape index (κ3) is 5.24. The van der Waals surface area contributed by atoms with Gasteiger partial charge in [0.1, 0.15) is 6.61 Å². The lowest BCUT2D eigenvalue weighted by atomic mass is 10.0. The molecule has 1 atom stereocenters. The molecule has 0 aromatic rings. The Labute approximate surface area is 87.2 Å². The van der Waals surface area contributed by atoms with Crippen LogP contribution in [0.3, 0.4) is 0 Å². The Morgan fingerprint density at radius 1 is 1.27 bits per heavy atom. The van der Waals surface area contributed by atoms with Crippen LogP contribution in [0.25, 0.3) is 0 Å². The van der Waals surface area contributed by atoms with Crippen LogP contribution < -0.4 is 0 Å². The Hall–Kier alpha value is -1.27. The molecular weight excluding hydrogens is 204 g/mol. The van der Waals surface area contributed by atoms with Gasteiger partial charge in [0.05, 0.1) is 13.2 Å². The highest BCUT2D eigenvalue weighted by Gasteiger charge is 2.30. The zero-order chi connectivity index (χ0) is 11.8. The predicted octanol–water partition coefficient (Wildman–Crippen LogP) is -0.492. The van der Waals surface area contributed by atoms with E-state index < -0.39 is 23.5 Å². The van der Waals surface area contributed by atoms with E-state index in [1.54, 1.807) is 0 Å². The van der Waals surface area contributed by atoms with Gasteiger partial charge in [0.25, 0.3) is 0 Å². The van der Waals surface area contributed by atoms with Gasteiger partial charge in [-0.3, -0.25) is 14.4 Å². The van der Waals surface area contributed by atoms with Crippen LogP contribution in [0.15, 0.2) is 0 Å². The summed E-state index contributed by atoms with van der Waals surface area (Å²) < 4.78 is 9.49. The lowest BCUT2D eigenvalue weighted by molar-refractivity contribution is -0.151. The predicted molar refractivity (Wildman–Crippen MR) is 49.5 cm³/mol. The van der Waals surface area contributed by atoms with E-state index in [1.165, 1.54) is 7.11 Å². The van der Waals surface area contributed by atoms with Crippen molar-refractivity contribution in [1.29, 1.82) is 0 Å². The molecule has 0 saturated heterocycles. The molecular formula is C9H14O6. The highest BCUT2D eigenvalue weighted by Crippen LogP contribution is 2.01. The number of methoxy groups -OCH3 is 1. The Balaban J connectivity index is 4.05. The number of ether oxygens (including phenoxy) is 2. The molecule has 0 aliphatic heterocycles. The van der Waals surface area contributed by atoms with Crippen LogP contribution in [0, 0.1) is 5.92 Å². The summed E-state index contributed by atoms with van der Waals surface area (Å²) in [7, 11) is 1.47. The standard InChI is InChI=1S/C9H14O6/c1-6(10)8(9(12)13)7(11)5-15-4-3-14-2/h8H,3-5H2,1-2H3,(H,12,13). The van der Waals surface area contributed by atoms with E-state index in [0.29, 0.717) is 6.61 Å². The molecule has 0 spiro atoms. The topological polar surface area (TPSA) is 89.9 Å². The SMILES string of the molecule is COCCOCC(=O)C(C(C)=O)C(=O)O. The third-order valence-electron chi connectivity index (χ3n) is 1.65. The van der Waals surface area contributed by atoms with Gasteiger partial charge in [-0.1, -0.05) is 0 Å². The van der Waals surface area contributed by atoms with Crippen molar-refractivity contribution in [2.75, 3.05) is 26.9 Å². The fourth-order valence-corrected chi connectivity index (χ4v) is 0.937. The highest BCUT2D eigenvalue weighted by molar-refractivity contribution is 6.16. The minimum atomic E-state index is -1.62. The van der Waals surface area contributed by atoms with Crippen molar-refractivity contribution in [3.05, 3.63) is 0 Å². The summed E-state index contributed by atoms with van der Waals surface area (Å²) in [5.74, 6) is -4.50. The van der Waals surface area contributed by atoms with E-state index in [0.717, 1.165) is 6.92 Å². The lowest BCUT2D eigenvalue weighted by Crippen LogP contribution is -2.33. The molecule has 0 aliphatic rings. The van der Waals surface area contributed by atoms with Gasteiger partial charge in [0.2, 0.25) is 0 Å². The summed E-state index contributed by atoms with van der Waals surface area (Å²) in [6.45, 7) is 1.17. The summed E-state index contributed by atoms with van der Waals surface area (Å²) in [5, 5.41) is 8.59.